The maximum atomic E-state index is 2.48. The van der Waals surface area contributed by atoms with Gasteiger partial charge in [0.25, 0.3) is 0 Å². The minimum absolute atomic E-state index is 1.18. The molecular weight excluding hydrogens is 470 g/mol. The van der Waals surface area contributed by atoms with Gasteiger partial charge in [0, 0.05) is 16.5 Å². The van der Waals surface area contributed by atoms with Crippen molar-refractivity contribution < 1.29 is 0 Å². The van der Waals surface area contributed by atoms with Gasteiger partial charge in [-0.15, -0.1) is 0 Å². The lowest BCUT2D eigenvalue weighted by Gasteiger charge is -2.12. The predicted molar refractivity (Wildman–Crippen MR) is 166 cm³/mol. The molecule has 0 saturated heterocycles. The molecule has 0 unspecified atom stereocenters. The van der Waals surface area contributed by atoms with E-state index in [4.69, 9.17) is 0 Å². The summed E-state index contributed by atoms with van der Waals surface area (Å²) in [6.07, 6.45) is 0. The van der Waals surface area contributed by atoms with E-state index in [1.165, 1.54) is 82.4 Å². The second-order valence-electron chi connectivity index (χ2n) is 10.5. The molecule has 0 fully saturated rings. The summed E-state index contributed by atoms with van der Waals surface area (Å²) in [5.74, 6) is 0. The lowest BCUT2D eigenvalue weighted by Crippen LogP contribution is -1.94. The molecule has 1 heterocycles. The van der Waals surface area contributed by atoms with Crippen molar-refractivity contribution >= 4 is 43.4 Å². The molecule has 0 amide bonds. The summed E-state index contributed by atoms with van der Waals surface area (Å²) in [5.41, 5.74) is 11.5. The Labute approximate surface area is 226 Å². The first-order valence-corrected chi connectivity index (χ1v) is 13.5. The quantitative estimate of drug-likeness (QED) is 0.226. The summed E-state index contributed by atoms with van der Waals surface area (Å²) in [5, 5.41) is 7.93. The van der Waals surface area contributed by atoms with Crippen molar-refractivity contribution in [3.8, 4) is 39.1 Å². The average molecular weight is 494 g/mol. The monoisotopic (exact) mass is 493 g/mol. The van der Waals surface area contributed by atoms with E-state index in [-0.39, 0.29) is 0 Å². The molecule has 9 rings (SSSR count). The van der Waals surface area contributed by atoms with E-state index in [9.17, 15) is 0 Å². The fourth-order valence-electron chi connectivity index (χ4n) is 6.87. The number of hydrogen-bond donors (Lipinski definition) is 0. The highest BCUT2D eigenvalue weighted by Crippen LogP contribution is 2.51. The molecular formula is C38H23N. The lowest BCUT2D eigenvalue weighted by molar-refractivity contribution is 1.18. The summed E-state index contributed by atoms with van der Waals surface area (Å²) in [7, 11) is 0. The molecule has 0 bridgehead atoms. The van der Waals surface area contributed by atoms with Gasteiger partial charge in [0.2, 0.25) is 0 Å². The van der Waals surface area contributed by atoms with Crippen LogP contribution < -0.4 is 0 Å². The Hall–Kier alpha value is -5.14. The molecule has 1 aliphatic carbocycles. The molecule has 39 heavy (non-hydrogen) atoms. The van der Waals surface area contributed by atoms with Gasteiger partial charge in [-0.25, -0.2) is 0 Å². The Bertz CT molecular complexity index is 2270. The van der Waals surface area contributed by atoms with Crippen LogP contribution in [0.4, 0.5) is 0 Å². The standard InChI is InChI=1S/C38H23N/c1-2-10-24(11-3-1)26-13-8-14-27(22-26)39-34-21-20-25-12-4-5-15-28(25)37(34)38-32-19-9-18-31-29-16-6-7-17-30(29)33(36(31)32)23-35(38)39/h1-23H. The SMILES string of the molecule is c1ccc(-c2cccc(-n3c4ccc5ccccc5c4c4c5cccc6c5c(cc43)-c3ccccc3-6)c2)cc1. The summed E-state index contributed by atoms with van der Waals surface area (Å²) < 4.78 is 2.48. The van der Waals surface area contributed by atoms with Crippen LogP contribution in [0.1, 0.15) is 0 Å². The van der Waals surface area contributed by atoms with Crippen LogP contribution in [0.5, 0.6) is 0 Å². The van der Waals surface area contributed by atoms with Gasteiger partial charge in [0.15, 0.2) is 0 Å². The molecule has 1 aromatic heterocycles. The number of fused-ring (bicyclic) bond motifs is 9. The zero-order valence-electron chi connectivity index (χ0n) is 21.2. The van der Waals surface area contributed by atoms with Gasteiger partial charge in [-0.2, -0.15) is 0 Å². The highest BCUT2D eigenvalue weighted by atomic mass is 15.0. The largest absolute Gasteiger partial charge is 0.309 e. The smallest absolute Gasteiger partial charge is 0.0553 e. The Morgan fingerprint density at radius 3 is 1.92 bits per heavy atom. The van der Waals surface area contributed by atoms with E-state index >= 15 is 0 Å². The number of benzene rings is 7. The number of rotatable bonds is 2. The average Bonchev–Trinajstić information content (AvgIpc) is 3.52. The number of hydrogen-bond acceptors (Lipinski definition) is 0. The first-order chi connectivity index (χ1) is 19.4. The highest BCUT2D eigenvalue weighted by Gasteiger charge is 2.25. The fourth-order valence-corrected chi connectivity index (χ4v) is 6.87. The van der Waals surface area contributed by atoms with Crippen LogP contribution in [-0.4, -0.2) is 4.57 Å². The van der Waals surface area contributed by atoms with Crippen molar-refractivity contribution in [3.05, 3.63) is 140 Å². The van der Waals surface area contributed by atoms with Crippen LogP contribution in [0.25, 0.3) is 82.4 Å². The Morgan fingerprint density at radius 1 is 0.359 bits per heavy atom. The third-order valence-electron chi connectivity index (χ3n) is 8.50. The predicted octanol–water partition coefficient (Wildman–Crippen LogP) is 10.4. The maximum Gasteiger partial charge on any atom is 0.0553 e. The fraction of sp³-hybridized carbons (Fsp3) is 0. The molecule has 7 aromatic carbocycles. The van der Waals surface area contributed by atoms with Crippen molar-refractivity contribution in [2.24, 2.45) is 0 Å². The van der Waals surface area contributed by atoms with Gasteiger partial charge in [-0.1, -0.05) is 115 Å². The topological polar surface area (TPSA) is 4.93 Å². The van der Waals surface area contributed by atoms with Crippen molar-refractivity contribution in [2.75, 3.05) is 0 Å². The second-order valence-corrected chi connectivity index (χ2v) is 10.5. The highest BCUT2D eigenvalue weighted by molar-refractivity contribution is 6.33. The maximum absolute atomic E-state index is 2.48. The molecule has 1 nitrogen and oxygen atoms in total. The second kappa shape index (κ2) is 7.69. The van der Waals surface area contributed by atoms with E-state index in [2.05, 4.69) is 144 Å². The summed E-state index contributed by atoms with van der Waals surface area (Å²) in [6, 6.07) is 51.1. The lowest BCUT2D eigenvalue weighted by atomic mass is 9.96. The van der Waals surface area contributed by atoms with Crippen LogP contribution in [0.15, 0.2) is 140 Å². The molecule has 0 spiro atoms. The van der Waals surface area contributed by atoms with E-state index < -0.39 is 0 Å². The van der Waals surface area contributed by atoms with E-state index in [1.54, 1.807) is 0 Å². The molecule has 0 aliphatic heterocycles. The Kier molecular flexibility index (Phi) is 4.11. The van der Waals surface area contributed by atoms with Crippen molar-refractivity contribution in [3.63, 3.8) is 0 Å². The third-order valence-corrected chi connectivity index (χ3v) is 8.50. The van der Waals surface area contributed by atoms with Gasteiger partial charge in [0.05, 0.1) is 11.0 Å². The molecule has 0 atom stereocenters. The molecule has 1 aliphatic rings. The van der Waals surface area contributed by atoms with Gasteiger partial charge < -0.3 is 4.57 Å². The first kappa shape index (κ1) is 20.9. The van der Waals surface area contributed by atoms with E-state index in [0.29, 0.717) is 0 Å². The Morgan fingerprint density at radius 2 is 1.03 bits per heavy atom. The molecule has 0 radical (unpaired) electrons. The first-order valence-electron chi connectivity index (χ1n) is 13.5. The molecule has 8 aromatic rings. The van der Waals surface area contributed by atoms with Crippen LogP contribution >= 0.6 is 0 Å². The number of aromatic nitrogens is 1. The minimum atomic E-state index is 1.18. The normalized spacial score (nSPS) is 12.1. The molecule has 0 N–H and O–H groups in total. The van der Waals surface area contributed by atoms with Crippen LogP contribution in [-0.2, 0) is 0 Å². The van der Waals surface area contributed by atoms with Gasteiger partial charge in [0.1, 0.15) is 0 Å². The van der Waals surface area contributed by atoms with Crippen LogP contribution in [0, 0.1) is 0 Å². The Balaban J connectivity index is 1.49. The summed E-state index contributed by atoms with van der Waals surface area (Å²) in [4.78, 5) is 0. The molecule has 1 heteroatoms. The van der Waals surface area contributed by atoms with Crippen molar-refractivity contribution in [1.82, 2.24) is 4.57 Å². The van der Waals surface area contributed by atoms with E-state index in [1.807, 2.05) is 0 Å². The van der Waals surface area contributed by atoms with Crippen molar-refractivity contribution in [2.45, 2.75) is 0 Å². The molecule has 180 valence electrons. The van der Waals surface area contributed by atoms with E-state index in [0.717, 1.165) is 0 Å². The van der Waals surface area contributed by atoms with Crippen LogP contribution in [0.2, 0.25) is 0 Å². The molecule has 0 saturated carbocycles. The minimum Gasteiger partial charge on any atom is -0.309 e. The zero-order chi connectivity index (χ0) is 25.5. The van der Waals surface area contributed by atoms with Crippen LogP contribution in [0.3, 0.4) is 0 Å². The third kappa shape index (κ3) is 2.79. The van der Waals surface area contributed by atoms with Gasteiger partial charge in [-0.3, -0.25) is 0 Å². The van der Waals surface area contributed by atoms with Gasteiger partial charge >= 0.3 is 0 Å². The van der Waals surface area contributed by atoms with Crippen molar-refractivity contribution in [1.29, 1.82) is 0 Å². The van der Waals surface area contributed by atoms with Gasteiger partial charge in [-0.05, 0) is 79.2 Å². The zero-order valence-corrected chi connectivity index (χ0v) is 21.2. The number of nitrogens with zero attached hydrogens (tertiary/aromatic N) is 1. The summed E-state index contributed by atoms with van der Waals surface area (Å²) in [6.45, 7) is 0. The summed E-state index contributed by atoms with van der Waals surface area (Å²) >= 11 is 0.